The van der Waals surface area contributed by atoms with Crippen molar-refractivity contribution in [3.05, 3.63) is 53.1 Å². The Morgan fingerprint density at radius 3 is 2.52 bits per heavy atom. The van der Waals surface area contributed by atoms with E-state index in [4.69, 9.17) is 9.47 Å². The Morgan fingerprint density at radius 2 is 1.74 bits per heavy atom. The molecule has 0 saturated carbocycles. The van der Waals surface area contributed by atoms with Crippen LogP contribution in [0.25, 0.3) is 0 Å². The number of hydrogen-bond acceptors (Lipinski definition) is 4. The van der Waals surface area contributed by atoms with Gasteiger partial charge in [-0.05, 0) is 62.6 Å². The number of hydrogen-bond donors (Lipinski definition) is 2. The summed E-state index contributed by atoms with van der Waals surface area (Å²) in [5.41, 5.74) is 2.37. The summed E-state index contributed by atoms with van der Waals surface area (Å²) in [4.78, 5) is 25.3. The van der Waals surface area contributed by atoms with Crippen LogP contribution in [0.2, 0.25) is 0 Å². The Hall–Kier alpha value is -3.02. The summed E-state index contributed by atoms with van der Waals surface area (Å²) in [6.45, 7) is 7.61. The smallest absolute Gasteiger partial charge is 0.239 e. The van der Waals surface area contributed by atoms with Crippen LogP contribution in [0.5, 0.6) is 11.5 Å². The molecule has 2 N–H and O–H groups in total. The van der Waals surface area contributed by atoms with Gasteiger partial charge in [-0.3, -0.25) is 9.59 Å². The number of nitrogens with one attached hydrogen (secondary N) is 2. The van der Waals surface area contributed by atoms with E-state index in [-0.39, 0.29) is 18.6 Å². The van der Waals surface area contributed by atoms with Gasteiger partial charge in [-0.2, -0.15) is 0 Å². The third kappa shape index (κ3) is 4.05. The normalized spacial score (nSPS) is 12.6. The molecule has 0 radical (unpaired) electrons. The first-order valence-corrected chi connectivity index (χ1v) is 8.83. The van der Waals surface area contributed by atoms with E-state index in [9.17, 15) is 9.59 Å². The van der Waals surface area contributed by atoms with Crippen molar-refractivity contribution in [2.45, 2.75) is 34.2 Å². The molecule has 0 unspecified atom stereocenters. The van der Waals surface area contributed by atoms with Crippen LogP contribution in [-0.2, 0) is 16.1 Å². The van der Waals surface area contributed by atoms with Crippen molar-refractivity contribution < 1.29 is 19.1 Å². The van der Waals surface area contributed by atoms with E-state index in [1.807, 2.05) is 50.2 Å². The zero-order valence-electron chi connectivity index (χ0n) is 16.0. The number of carbonyl (C=O) groups is 2. The van der Waals surface area contributed by atoms with E-state index in [1.165, 1.54) is 0 Å². The molecule has 0 saturated heterocycles. The lowest BCUT2D eigenvalue weighted by atomic mass is 9.90. The second-order valence-electron chi connectivity index (χ2n) is 7.27. The third-order valence-electron chi connectivity index (χ3n) is 4.67. The van der Waals surface area contributed by atoms with Gasteiger partial charge in [0.05, 0.1) is 0 Å². The van der Waals surface area contributed by atoms with Gasteiger partial charge < -0.3 is 20.1 Å². The zero-order chi connectivity index (χ0) is 19.6. The Morgan fingerprint density at radius 1 is 1.00 bits per heavy atom. The Balaban J connectivity index is 1.63. The highest BCUT2D eigenvalue weighted by molar-refractivity contribution is 6.10. The minimum Gasteiger partial charge on any atom is -0.454 e. The minimum absolute atomic E-state index is 0.205. The third-order valence-corrected chi connectivity index (χ3v) is 4.67. The van der Waals surface area contributed by atoms with E-state index < -0.39 is 5.41 Å². The summed E-state index contributed by atoms with van der Waals surface area (Å²) in [6.07, 6.45) is 0. The van der Waals surface area contributed by atoms with Gasteiger partial charge >= 0.3 is 0 Å². The Kier molecular flexibility index (Phi) is 5.08. The highest BCUT2D eigenvalue weighted by Crippen LogP contribution is 2.32. The van der Waals surface area contributed by atoms with Crippen molar-refractivity contribution in [1.29, 1.82) is 0 Å². The summed E-state index contributed by atoms with van der Waals surface area (Å²) in [7, 11) is 0. The molecule has 6 nitrogen and oxygen atoms in total. The zero-order valence-corrected chi connectivity index (χ0v) is 16.0. The summed E-state index contributed by atoms with van der Waals surface area (Å²) < 4.78 is 10.6. The average Bonchev–Trinajstić information content (AvgIpc) is 3.10. The van der Waals surface area contributed by atoms with Crippen LogP contribution in [0.15, 0.2) is 36.4 Å². The van der Waals surface area contributed by atoms with Gasteiger partial charge in [-0.15, -0.1) is 0 Å². The number of carbonyl (C=O) groups excluding carboxylic acids is 2. The number of benzene rings is 2. The maximum absolute atomic E-state index is 12.7. The maximum Gasteiger partial charge on any atom is 0.239 e. The van der Waals surface area contributed by atoms with Crippen molar-refractivity contribution in [3.63, 3.8) is 0 Å². The lowest BCUT2D eigenvalue weighted by Gasteiger charge is -2.23. The largest absolute Gasteiger partial charge is 0.454 e. The first kappa shape index (κ1) is 18.8. The van der Waals surface area contributed by atoms with Crippen molar-refractivity contribution in [2.24, 2.45) is 5.41 Å². The first-order chi connectivity index (χ1) is 12.8. The Labute approximate surface area is 158 Å². The highest BCUT2D eigenvalue weighted by Gasteiger charge is 2.36. The lowest BCUT2D eigenvalue weighted by Crippen LogP contribution is -2.45. The standard InChI is InChI=1S/C21H24N2O4/c1-13-5-6-14(2)16(9-13)23-20(25)21(3,4)19(24)22-11-15-7-8-17-18(10-15)27-12-26-17/h5-10H,11-12H2,1-4H3,(H,22,24)(H,23,25). The predicted molar refractivity (Wildman–Crippen MR) is 103 cm³/mol. The van der Waals surface area contributed by atoms with Crippen LogP contribution in [0.4, 0.5) is 5.69 Å². The van der Waals surface area contributed by atoms with Gasteiger partial charge in [0.1, 0.15) is 5.41 Å². The minimum atomic E-state index is -1.22. The van der Waals surface area contributed by atoms with Gasteiger partial charge in [-0.1, -0.05) is 18.2 Å². The Bertz CT molecular complexity index is 890. The van der Waals surface area contributed by atoms with Gasteiger partial charge in [0.2, 0.25) is 18.6 Å². The number of ether oxygens (including phenoxy) is 2. The number of anilines is 1. The molecule has 0 fully saturated rings. The topological polar surface area (TPSA) is 76.7 Å². The molecule has 0 aliphatic carbocycles. The lowest BCUT2D eigenvalue weighted by molar-refractivity contribution is -0.138. The van der Waals surface area contributed by atoms with Crippen LogP contribution in [0.3, 0.4) is 0 Å². The summed E-state index contributed by atoms with van der Waals surface area (Å²) in [5, 5.41) is 5.70. The van der Waals surface area contributed by atoms with Crippen LogP contribution in [0, 0.1) is 19.3 Å². The summed E-state index contributed by atoms with van der Waals surface area (Å²) in [6, 6.07) is 11.3. The quantitative estimate of drug-likeness (QED) is 0.794. The van der Waals surface area contributed by atoms with Crippen LogP contribution < -0.4 is 20.1 Å². The molecule has 0 aromatic heterocycles. The van der Waals surface area contributed by atoms with E-state index in [0.29, 0.717) is 18.0 Å². The molecule has 0 spiro atoms. The van der Waals surface area contributed by atoms with Crippen LogP contribution >= 0.6 is 0 Å². The van der Waals surface area contributed by atoms with E-state index in [1.54, 1.807) is 13.8 Å². The molecule has 1 heterocycles. The predicted octanol–water partition coefficient (Wildman–Crippen LogP) is 3.31. The van der Waals surface area contributed by atoms with Crippen LogP contribution in [0.1, 0.15) is 30.5 Å². The molecular formula is C21H24N2O4. The highest BCUT2D eigenvalue weighted by atomic mass is 16.7. The molecule has 2 aromatic carbocycles. The number of fused-ring (bicyclic) bond motifs is 1. The molecule has 1 aliphatic rings. The van der Waals surface area contributed by atoms with Crippen molar-refractivity contribution in [3.8, 4) is 11.5 Å². The average molecular weight is 368 g/mol. The second-order valence-corrected chi connectivity index (χ2v) is 7.27. The van der Waals surface area contributed by atoms with Gasteiger partial charge in [0, 0.05) is 12.2 Å². The fourth-order valence-electron chi connectivity index (χ4n) is 2.71. The van der Waals surface area contributed by atoms with E-state index >= 15 is 0 Å². The molecule has 3 rings (SSSR count). The maximum atomic E-state index is 12.7. The molecule has 0 atom stereocenters. The molecule has 142 valence electrons. The van der Waals surface area contributed by atoms with E-state index in [0.717, 1.165) is 22.4 Å². The summed E-state index contributed by atoms with van der Waals surface area (Å²) >= 11 is 0. The van der Waals surface area contributed by atoms with E-state index in [2.05, 4.69) is 10.6 Å². The van der Waals surface area contributed by atoms with Crippen molar-refractivity contribution in [1.82, 2.24) is 5.32 Å². The fraction of sp³-hybridized carbons (Fsp3) is 0.333. The first-order valence-electron chi connectivity index (χ1n) is 8.83. The van der Waals surface area contributed by atoms with Crippen LogP contribution in [-0.4, -0.2) is 18.6 Å². The molecule has 2 amide bonds. The molecule has 0 bridgehead atoms. The number of amides is 2. The van der Waals surface area contributed by atoms with Gasteiger partial charge in [0.25, 0.3) is 0 Å². The molecule has 1 aliphatic heterocycles. The monoisotopic (exact) mass is 368 g/mol. The van der Waals surface area contributed by atoms with Crippen molar-refractivity contribution in [2.75, 3.05) is 12.1 Å². The molecule has 27 heavy (non-hydrogen) atoms. The van der Waals surface area contributed by atoms with Crippen molar-refractivity contribution >= 4 is 17.5 Å². The second kappa shape index (κ2) is 7.31. The number of rotatable bonds is 5. The molecule has 2 aromatic rings. The summed E-state index contributed by atoms with van der Waals surface area (Å²) in [5.74, 6) is 0.661. The van der Waals surface area contributed by atoms with Gasteiger partial charge in [0.15, 0.2) is 11.5 Å². The van der Waals surface area contributed by atoms with Gasteiger partial charge in [-0.25, -0.2) is 0 Å². The fourth-order valence-corrected chi connectivity index (χ4v) is 2.71. The molecular weight excluding hydrogens is 344 g/mol. The SMILES string of the molecule is Cc1ccc(C)c(NC(=O)C(C)(C)C(=O)NCc2ccc3c(c2)OCO3)c1. The number of aryl methyl sites for hydroxylation is 2. The molecule has 6 heteroatoms.